The van der Waals surface area contributed by atoms with Crippen LogP contribution < -0.4 is 11.2 Å². The van der Waals surface area contributed by atoms with E-state index in [0.29, 0.717) is 36.1 Å². The molecule has 28 heavy (non-hydrogen) atoms. The predicted molar refractivity (Wildman–Crippen MR) is 111 cm³/mol. The molecule has 0 fully saturated rings. The van der Waals surface area contributed by atoms with Gasteiger partial charge in [0.05, 0.1) is 16.6 Å². The van der Waals surface area contributed by atoms with Crippen LogP contribution in [0.4, 0.5) is 0 Å². The lowest BCUT2D eigenvalue weighted by atomic mass is 10.1. The highest BCUT2D eigenvalue weighted by Gasteiger charge is 2.19. The first-order valence-corrected chi connectivity index (χ1v) is 9.64. The average molecular weight is 379 g/mol. The van der Waals surface area contributed by atoms with E-state index in [0.717, 1.165) is 5.56 Å². The van der Waals surface area contributed by atoms with E-state index >= 15 is 0 Å². The number of likely N-dealkylation sites (N-methyl/N-ethyl adjacent to an activating group) is 1. The van der Waals surface area contributed by atoms with Crippen molar-refractivity contribution in [2.24, 2.45) is 0 Å². The van der Waals surface area contributed by atoms with E-state index in [1.165, 1.54) is 9.13 Å². The highest BCUT2D eigenvalue weighted by atomic mass is 16.2. The Labute approximate surface area is 163 Å². The van der Waals surface area contributed by atoms with Crippen molar-refractivity contribution in [3.05, 3.63) is 74.9 Å². The number of hydrogen-bond donors (Lipinski definition) is 0. The molecule has 0 bridgehead atoms. The van der Waals surface area contributed by atoms with Crippen molar-refractivity contribution in [1.29, 1.82) is 0 Å². The van der Waals surface area contributed by atoms with Gasteiger partial charge in [-0.2, -0.15) is 0 Å². The number of aromatic nitrogens is 2. The fourth-order valence-corrected chi connectivity index (χ4v) is 3.53. The van der Waals surface area contributed by atoms with Crippen LogP contribution in [0, 0.1) is 0 Å². The van der Waals surface area contributed by atoms with Gasteiger partial charge in [0.25, 0.3) is 5.56 Å². The number of rotatable bonds is 6. The molecule has 0 atom stereocenters. The van der Waals surface area contributed by atoms with E-state index in [2.05, 4.69) is 0 Å². The summed E-state index contributed by atoms with van der Waals surface area (Å²) in [4.78, 5) is 40.9. The quantitative estimate of drug-likeness (QED) is 0.661. The Morgan fingerprint density at radius 1 is 0.929 bits per heavy atom. The molecule has 1 aromatic heterocycles. The maximum Gasteiger partial charge on any atom is 0.336 e. The Morgan fingerprint density at radius 3 is 2.25 bits per heavy atom. The minimum absolute atomic E-state index is 0.102. The summed E-state index contributed by atoms with van der Waals surface area (Å²) >= 11 is 0. The molecular weight excluding hydrogens is 354 g/mol. The fourth-order valence-electron chi connectivity index (χ4n) is 3.53. The second-order valence-corrected chi connectivity index (χ2v) is 6.57. The number of fused-ring (bicyclic) bond motifs is 1. The maximum absolute atomic E-state index is 13.4. The lowest BCUT2D eigenvalue weighted by Gasteiger charge is -2.21. The molecule has 0 radical (unpaired) electrons. The summed E-state index contributed by atoms with van der Waals surface area (Å²) in [6, 6.07) is 14.3. The third-order valence-electron chi connectivity index (χ3n) is 5.07. The number of hydrogen-bond acceptors (Lipinski definition) is 3. The molecule has 1 heterocycles. The van der Waals surface area contributed by atoms with Crippen LogP contribution >= 0.6 is 0 Å². The first-order chi connectivity index (χ1) is 13.5. The minimum Gasteiger partial charge on any atom is -0.342 e. The Morgan fingerprint density at radius 2 is 1.57 bits per heavy atom. The summed E-state index contributed by atoms with van der Waals surface area (Å²) in [6.45, 7) is 6.82. The molecule has 0 aliphatic carbocycles. The van der Waals surface area contributed by atoms with E-state index in [-0.39, 0.29) is 18.0 Å². The van der Waals surface area contributed by atoms with Crippen molar-refractivity contribution >= 4 is 16.8 Å². The van der Waals surface area contributed by atoms with E-state index in [1.54, 1.807) is 41.3 Å². The van der Waals surface area contributed by atoms with Crippen molar-refractivity contribution in [3.8, 4) is 5.69 Å². The molecule has 3 rings (SSSR count). The van der Waals surface area contributed by atoms with Gasteiger partial charge in [-0.15, -0.1) is 0 Å². The standard InChI is InChI=1S/C22H25N3O3/c1-4-16-11-7-9-13-18(16)25-21(27)17-12-8-10-14-19(17)24(22(25)28)15-20(26)23(5-2)6-3/h7-14H,4-6,15H2,1-3H3. The number of carbonyl (C=O) groups is 1. The molecule has 0 saturated carbocycles. The molecule has 6 nitrogen and oxygen atoms in total. The lowest BCUT2D eigenvalue weighted by Crippen LogP contribution is -2.43. The summed E-state index contributed by atoms with van der Waals surface area (Å²) < 4.78 is 2.60. The Balaban J connectivity index is 2.32. The number of benzene rings is 2. The monoisotopic (exact) mass is 379 g/mol. The second kappa shape index (κ2) is 8.25. The summed E-state index contributed by atoms with van der Waals surface area (Å²) in [5.41, 5.74) is 1.08. The second-order valence-electron chi connectivity index (χ2n) is 6.57. The highest BCUT2D eigenvalue weighted by Crippen LogP contribution is 2.14. The third kappa shape index (κ3) is 3.38. The largest absolute Gasteiger partial charge is 0.342 e. The molecule has 0 N–H and O–H groups in total. The number of aryl methyl sites for hydroxylation is 1. The molecule has 0 aliphatic heterocycles. The van der Waals surface area contributed by atoms with E-state index < -0.39 is 5.69 Å². The van der Waals surface area contributed by atoms with Gasteiger partial charge in [-0.05, 0) is 44.0 Å². The van der Waals surface area contributed by atoms with E-state index in [9.17, 15) is 14.4 Å². The number of para-hydroxylation sites is 2. The predicted octanol–water partition coefficient (Wildman–Crippen LogP) is 2.58. The van der Waals surface area contributed by atoms with Gasteiger partial charge < -0.3 is 4.90 Å². The van der Waals surface area contributed by atoms with Gasteiger partial charge in [-0.1, -0.05) is 37.3 Å². The lowest BCUT2D eigenvalue weighted by molar-refractivity contribution is -0.131. The van der Waals surface area contributed by atoms with Crippen molar-refractivity contribution in [2.45, 2.75) is 33.7 Å². The molecule has 2 aromatic carbocycles. The van der Waals surface area contributed by atoms with Gasteiger partial charge in [-0.3, -0.25) is 14.2 Å². The molecule has 6 heteroatoms. The van der Waals surface area contributed by atoms with Gasteiger partial charge in [0.2, 0.25) is 5.91 Å². The van der Waals surface area contributed by atoms with Crippen LogP contribution in [0.1, 0.15) is 26.3 Å². The smallest absolute Gasteiger partial charge is 0.336 e. The topological polar surface area (TPSA) is 64.3 Å². The number of amides is 1. The first kappa shape index (κ1) is 19.6. The summed E-state index contributed by atoms with van der Waals surface area (Å²) in [6.07, 6.45) is 0.688. The van der Waals surface area contributed by atoms with Crippen molar-refractivity contribution in [2.75, 3.05) is 13.1 Å². The molecular formula is C22H25N3O3. The average Bonchev–Trinajstić information content (AvgIpc) is 2.72. The minimum atomic E-state index is -0.495. The fraction of sp³-hybridized carbons (Fsp3) is 0.318. The summed E-state index contributed by atoms with van der Waals surface area (Å²) in [5.74, 6) is -0.147. The Kier molecular flexibility index (Phi) is 5.78. The Hall–Kier alpha value is -3.15. The SMILES string of the molecule is CCc1ccccc1-n1c(=O)c2ccccc2n(CC(=O)N(CC)CC)c1=O. The summed E-state index contributed by atoms with van der Waals surface area (Å²) in [7, 11) is 0. The van der Waals surface area contributed by atoms with Crippen LogP contribution in [0.25, 0.3) is 16.6 Å². The van der Waals surface area contributed by atoms with Crippen molar-refractivity contribution in [3.63, 3.8) is 0 Å². The van der Waals surface area contributed by atoms with Gasteiger partial charge in [0.1, 0.15) is 6.54 Å². The van der Waals surface area contributed by atoms with Gasteiger partial charge >= 0.3 is 5.69 Å². The van der Waals surface area contributed by atoms with Crippen LogP contribution in [0.5, 0.6) is 0 Å². The van der Waals surface area contributed by atoms with Crippen molar-refractivity contribution in [1.82, 2.24) is 14.0 Å². The van der Waals surface area contributed by atoms with Crippen LogP contribution in [0.15, 0.2) is 58.1 Å². The normalized spacial score (nSPS) is 11.0. The van der Waals surface area contributed by atoms with Crippen LogP contribution in [-0.4, -0.2) is 33.0 Å². The first-order valence-electron chi connectivity index (χ1n) is 9.64. The van der Waals surface area contributed by atoms with Crippen LogP contribution in [0.2, 0.25) is 0 Å². The van der Waals surface area contributed by atoms with E-state index in [1.807, 2.05) is 32.9 Å². The highest BCUT2D eigenvalue weighted by molar-refractivity contribution is 5.82. The zero-order valence-corrected chi connectivity index (χ0v) is 16.5. The van der Waals surface area contributed by atoms with E-state index in [4.69, 9.17) is 0 Å². The molecule has 0 saturated heterocycles. The van der Waals surface area contributed by atoms with Gasteiger partial charge in [0, 0.05) is 13.1 Å². The third-order valence-corrected chi connectivity index (χ3v) is 5.07. The van der Waals surface area contributed by atoms with Crippen molar-refractivity contribution < 1.29 is 4.79 Å². The molecule has 3 aromatic rings. The Bertz CT molecular complexity index is 1120. The van der Waals surface area contributed by atoms with Gasteiger partial charge in [-0.25, -0.2) is 9.36 Å². The molecule has 0 spiro atoms. The van der Waals surface area contributed by atoms with Crippen LogP contribution in [0.3, 0.4) is 0 Å². The maximum atomic E-state index is 13.4. The molecule has 0 aliphatic rings. The number of carbonyl (C=O) groups excluding carboxylic acids is 1. The molecule has 0 unspecified atom stereocenters. The molecule has 1 amide bonds. The van der Waals surface area contributed by atoms with Crippen LogP contribution in [-0.2, 0) is 17.8 Å². The van der Waals surface area contributed by atoms with Gasteiger partial charge in [0.15, 0.2) is 0 Å². The number of nitrogens with zero attached hydrogens (tertiary/aromatic N) is 3. The zero-order valence-electron chi connectivity index (χ0n) is 16.5. The zero-order chi connectivity index (χ0) is 20.3. The summed E-state index contributed by atoms with van der Waals surface area (Å²) in [5, 5.41) is 0.417. The molecule has 146 valence electrons.